The van der Waals surface area contributed by atoms with Crippen molar-refractivity contribution in [3.05, 3.63) is 0 Å². The van der Waals surface area contributed by atoms with Gasteiger partial charge in [0.05, 0.1) is 0 Å². The maximum absolute atomic E-state index is 12.3. The normalized spacial score (nSPS) is 17.9. The molecule has 0 saturated carbocycles. The first-order valence-corrected chi connectivity index (χ1v) is 7.00. The Morgan fingerprint density at radius 2 is 1.89 bits per heavy atom. The fraction of sp³-hybridized carbons (Fsp3) is 0.929. The molecule has 4 nitrogen and oxygen atoms in total. The number of nitrogens with one attached hydrogen (secondary N) is 1. The van der Waals surface area contributed by atoms with Crippen LogP contribution in [0.5, 0.6) is 0 Å². The molecule has 18 heavy (non-hydrogen) atoms. The molecule has 1 aliphatic heterocycles. The molecule has 0 bridgehead atoms. The van der Waals surface area contributed by atoms with Crippen LogP contribution in [-0.2, 0) is 4.74 Å². The van der Waals surface area contributed by atoms with Crippen LogP contribution in [0.1, 0.15) is 47.5 Å². The van der Waals surface area contributed by atoms with Crippen molar-refractivity contribution in [3.8, 4) is 0 Å². The van der Waals surface area contributed by atoms with Gasteiger partial charge in [0.25, 0.3) is 0 Å². The standard InChI is InChI=1S/C14H28N2O2/c1-11(2)10-16(12-6-8-15-9-7-12)13(17)18-14(3,4)5/h11-12,15H,6-10H2,1-5H3. The molecule has 1 rings (SSSR count). The summed E-state index contributed by atoms with van der Waals surface area (Å²) < 4.78 is 5.52. The average Bonchev–Trinajstić information content (AvgIpc) is 2.24. The minimum Gasteiger partial charge on any atom is -0.444 e. The molecule has 0 unspecified atom stereocenters. The van der Waals surface area contributed by atoms with E-state index in [4.69, 9.17) is 4.74 Å². The van der Waals surface area contributed by atoms with Gasteiger partial charge in [0.1, 0.15) is 5.60 Å². The number of piperidine rings is 1. The molecule has 0 atom stereocenters. The minimum absolute atomic E-state index is 0.164. The first kappa shape index (κ1) is 15.3. The first-order chi connectivity index (χ1) is 8.29. The third kappa shape index (κ3) is 5.25. The second kappa shape index (κ2) is 6.41. The van der Waals surface area contributed by atoms with E-state index in [9.17, 15) is 4.79 Å². The molecule has 1 amide bonds. The first-order valence-electron chi connectivity index (χ1n) is 7.00. The van der Waals surface area contributed by atoms with Gasteiger partial charge in [0, 0.05) is 12.6 Å². The zero-order valence-electron chi connectivity index (χ0n) is 12.5. The van der Waals surface area contributed by atoms with Crippen molar-refractivity contribution in [2.24, 2.45) is 5.92 Å². The number of hydrogen-bond acceptors (Lipinski definition) is 3. The van der Waals surface area contributed by atoms with Crippen molar-refractivity contribution < 1.29 is 9.53 Å². The molecular formula is C14H28N2O2. The van der Waals surface area contributed by atoms with E-state index in [1.165, 1.54) is 0 Å². The van der Waals surface area contributed by atoms with Crippen molar-refractivity contribution in [2.45, 2.75) is 59.1 Å². The van der Waals surface area contributed by atoms with E-state index in [0.29, 0.717) is 12.0 Å². The molecule has 1 heterocycles. The van der Waals surface area contributed by atoms with Gasteiger partial charge in [-0.2, -0.15) is 0 Å². The van der Waals surface area contributed by atoms with E-state index in [0.717, 1.165) is 32.5 Å². The number of carbonyl (C=O) groups is 1. The Morgan fingerprint density at radius 3 is 2.33 bits per heavy atom. The fourth-order valence-corrected chi connectivity index (χ4v) is 2.20. The second-order valence-electron chi connectivity index (χ2n) is 6.51. The maximum Gasteiger partial charge on any atom is 0.410 e. The van der Waals surface area contributed by atoms with Gasteiger partial charge in [0.15, 0.2) is 0 Å². The number of rotatable bonds is 3. The molecule has 0 aromatic rings. The summed E-state index contributed by atoms with van der Waals surface area (Å²) in [7, 11) is 0. The molecule has 1 aliphatic rings. The number of amides is 1. The lowest BCUT2D eigenvalue weighted by molar-refractivity contribution is 0.0101. The Bertz CT molecular complexity index is 265. The molecule has 4 heteroatoms. The zero-order valence-corrected chi connectivity index (χ0v) is 12.5. The molecule has 0 aliphatic carbocycles. The van der Waals surface area contributed by atoms with E-state index in [2.05, 4.69) is 19.2 Å². The summed E-state index contributed by atoms with van der Waals surface area (Å²) >= 11 is 0. The molecule has 1 saturated heterocycles. The predicted octanol–water partition coefficient (Wildman–Crippen LogP) is 2.63. The summed E-state index contributed by atoms with van der Waals surface area (Å²) in [5.41, 5.74) is -0.417. The second-order valence-corrected chi connectivity index (χ2v) is 6.51. The summed E-state index contributed by atoms with van der Waals surface area (Å²) in [5.74, 6) is 0.465. The Balaban J connectivity index is 2.67. The summed E-state index contributed by atoms with van der Waals surface area (Å²) in [4.78, 5) is 14.2. The van der Waals surface area contributed by atoms with Crippen LogP contribution in [0.25, 0.3) is 0 Å². The molecule has 0 aromatic heterocycles. The van der Waals surface area contributed by atoms with E-state index in [-0.39, 0.29) is 6.09 Å². The van der Waals surface area contributed by atoms with Crippen LogP contribution in [0.15, 0.2) is 0 Å². The highest BCUT2D eigenvalue weighted by Gasteiger charge is 2.29. The number of ether oxygens (including phenoxy) is 1. The van der Waals surface area contributed by atoms with Crippen molar-refractivity contribution in [3.63, 3.8) is 0 Å². The Hall–Kier alpha value is -0.770. The van der Waals surface area contributed by atoms with Gasteiger partial charge in [-0.25, -0.2) is 4.79 Å². The van der Waals surface area contributed by atoms with Gasteiger partial charge < -0.3 is 15.0 Å². The van der Waals surface area contributed by atoms with Crippen LogP contribution in [0.4, 0.5) is 4.79 Å². The molecule has 0 aromatic carbocycles. The third-order valence-electron chi connectivity index (χ3n) is 2.94. The van der Waals surface area contributed by atoms with Crippen LogP contribution in [0, 0.1) is 5.92 Å². The van der Waals surface area contributed by atoms with Crippen molar-refractivity contribution in [1.82, 2.24) is 10.2 Å². The van der Waals surface area contributed by atoms with Crippen molar-refractivity contribution >= 4 is 6.09 Å². The Morgan fingerprint density at radius 1 is 1.33 bits per heavy atom. The molecule has 106 valence electrons. The van der Waals surface area contributed by atoms with Gasteiger partial charge in [-0.1, -0.05) is 13.8 Å². The summed E-state index contributed by atoms with van der Waals surface area (Å²) in [6.45, 7) is 12.8. The number of carbonyl (C=O) groups excluding carboxylic acids is 1. The van der Waals surface area contributed by atoms with Crippen LogP contribution >= 0.6 is 0 Å². The Kier molecular flexibility index (Phi) is 5.45. The lowest BCUT2D eigenvalue weighted by Gasteiger charge is -2.36. The van der Waals surface area contributed by atoms with Crippen LogP contribution in [0.3, 0.4) is 0 Å². The molecular weight excluding hydrogens is 228 g/mol. The summed E-state index contributed by atoms with van der Waals surface area (Å²) in [6, 6.07) is 0.323. The van der Waals surface area contributed by atoms with Crippen LogP contribution in [-0.4, -0.2) is 42.3 Å². The van der Waals surface area contributed by atoms with E-state index < -0.39 is 5.60 Å². The monoisotopic (exact) mass is 256 g/mol. The average molecular weight is 256 g/mol. The van der Waals surface area contributed by atoms with E-state index in [1.807, 2.05) is 25.7 Å². The van der Waals surface area contributed by atoms with Crippen molar-refractivity contribution in [1.29, 1.82) is 0 Å². The summed E-state index contributed by atoms with van der Waals surface area (Å²) in [5, 5.41) is 3.33. The van der Waals surface area contributed by atoms with Crippen LogP contribution in [0.2, 0.25) is 0 Å². The third-order valence-corrected chi connectivity index (χ3v) is 2.94. The van der Waals surface area contributed by atoms with Crippen molar-refractivity contribution in [2.75, 3.05) is 19.6 Å². The van der Waals surface area contributed by atoms with Gasteiger partial charge >= 0.3 is 6.09 Å². The lowest BCUT2D eigenvalue weighted by Crippen LogP contribution is -2.49. The molecule has 1 N–H and O–H groups in total. The van der Waals surface area contributed by atoms with Gasteiger partial charge in [0.2, 0.25) is 0 Å². The van der Waals surface area contributed by atoms with E-state index >= 15 is 0 Å². The van der Waals surface area contributed by atoms with E-state index in [1.54, 1.807) is 0 Å². The van der Waals surface area contributed by atoms with Gasteiger partial charge in [-0.05, 0) is 52.6 Å². The minimum atomic E-state index is -0.417. The molecule has 0 radical (unpaired) electrons. The number of hydrogen-bond donors (Lipinski definition) is 1. The topological polar surface area (TPSA) is 41.6 Å². The zero-order chi connectivity index (χ0) is 13.8. The highest BCUT2D eigenvalue weighted by Crippen LogP contribution is 2.18. The largest absolute Gasteiger partial charge is 0.444 e. The fourth-order valence-electron chi connectivity index (χ4n) is 2.20. The summed E-state index contributed by atoms with van der Waals surface area (Å²) in [6.07, 6.45) is 1.88. The number of nitrogens with zero attached hydrogens (tertiary/aromatic N) is 1. The highest BCUT2D eigenvalue weighted by molar-refractivity contribution is 5.68. The smallest absolute Gasteiger partial charge is 0.410 e. The molecule has 0 spiro atoms. The predicted molar refractivity (Wildman–Crippen MR) is 73.7 cm³/mol. The Labute approximate surface area is 111 Å². The quantitative estimate of drug-likeness (QED) is 0.844. The lowest BCUT2D eigenvalue weighted by atomic mass is 10.0. The van der Waals surface area contributed by atoms with Gasteiger partial charge in [-0.3, -0.25) is 0 Å². The highest BCUT2D eigenvalue weighted by atomic mass is 16.6. The molecule has 1 fully saturated rings. The van der Waals surface area contributed by atoms with Crippen LogP contribution < -0.4 is 5.32 Å². The SMILES string of the molecule is CC(C)CN(C(=O)OC(C)(C)C)C1CCNCC1. The van der Waals surface area contributed by atoms with Gasteiger partial charge in [-0.15, -0.1) is 0 Å². The maximum atomic E-state index is 12.3.